The molecule has 0 bridgehead atoms. The van der Waals surface area contributed by atoms with Crippen LogP contribution in [0.25, 0.3) is 0 Å². The smallest absolute Gasteiger partial charge is 0.455 e. The number of hydrogen-bond acceptors (Lipinski definition) is 7. The Labute approximate surface area is 118 Å². The Morgan fingerprint density at radius 1 is 1.10 bits per heavy atom. The van der Waals surface area contributed by atoms with E-state index < -0.39 is 26.7 Å². The van der Waals surface area contributed by atoms with Crippen molar-refractivity contribution >= 4 is 26.7 Å². The van der Waals surface area contributed by atoms with Gasteiger partial charge in [-0.05, 0) is 6.42 Å². The van der Waals surface area contributed by atoms with Crippen molar-refractivity contribution in [2.45, 2.75) is 39.7 Å². The van der Waals surface area contributed by atoms with Crippen molar-refractivity contribution in [3.8, 4) is 0 Å². The van der Waals surface area contributed by atoms with Crippen molar-refractivity contribution in [3.05, 3.63) is 0 Å². The van der Waals surface area contributed by atoms with Gasteiger partial charge in [0.05, 0.1) is 25.7 Å². The molecular formula is C12H20O7Si. The highest BCUT2D eigenvalue weighted by Crippen LogP contribution is 2.22. The molecule has 114 valence electrons. The van der Waals surface area contributed by atoms with Gasteiger partial charge in [-0.3, -0.25) is 14.4 Å². The lowest BCUT2D eigenvalue weighted by Gasteiger charge is -2.29. The maximum atomic E-state index is 11.9. The van der Waals surface area contributed by atoms with Crippen molar-refractivity contribution in [2.75, 3.05) is 13.2 Å². The van der Waals surface area contributed by atoms with E-state index in [9.17, 15) is 14.4 Å². The first-order valence-corrected chi connectivity index (χ1v) is 8.49. The summed E-state index contributed by atoms with van der Waals surface area (Å²) in [6, 6.07) is 0.221. The highest BCUT2D eigenvalue weighted by Gasteiger charge is 2.51. The van der Waals surface area contributed by atoms with Gasteiger partial charge in [-0.25, -0.2) is 0 Å². The summed E-state index contributed by atoms with van der Waals surface area (Å²) in [7, 11) is -3.63. The first-order chi connectivity index (χ1) is 9.37. The third kappa shape index (κ3) is 5.30. The molecule has 1 aliphatic rings. The monoisotopic (exact) mass is 304 g/mol. The van der Waals surface area contributed by atoms with E-state index in [0.717, 1.165) is 0 Å². The molecular weight excluding hydrogens is 284 g/mol. The Morgan fingerprint density at radius 2 is 1.65 bits per heavy atom. The summed E-state index contributed by atoms with van der Waals surface area (Å²) in [6.07, 6.45) is 0.730. The van der Waals surface area contributed by atoms with Crippen LogP contribution >= 0.6 is 0 Å². The summed E-state index contributed by atoms with van der Waals surface area (Å²) >= 11 is 0. The molecule has 0 spiro atoms. The van der Waals surface area contributed by atoms with Crippen molar-refractivity contribution in [1.29, 1.82) is 0 Å². The number of carbonyl (C=O) groups is 3. The minimum atomic E-state index is -3.63. The van der Waals surface area contributed by atoms with Gasteiger partial charge in [0.2, 0.25) is 0 Å². The molecule has 20 heavy (non-hydrogen) atoms. The lowest BCUT2D eigenvalue weighted by atomic mass is 10.1. The van der Waals surface area contributed by atoms with Crippen LogP contribution in [0.5, 0.6) is 0 Å². The first-order valence-electron chi connectivity index (χ1n) is 6.55. The molecule has 0 radical (unpaired) electrons. The SMILES string of the molecule is CCC[Si](OC(C)=O)(OC(C)=O)OC(=O)CC1COC1. The average Bonchev–Trinajstić information content (AvgIpc) is 2.21. The van der Waals surface area contributed by atoms with Gasteiger partial charge in [0.15, 0.2) is 0 Å². The molecule has 0 aromatic carbocycles. The van der Waals surface area contributed by atoms with Crippen molar-refractivity contribution in [1.82, 2.24) is 0 Å². The van der Waals surface area contributed by atoms with Gasteiger partial charge in [-0.2, -0.15) is 0 Å². The second-order valence-electron chi connectivity index (χ2n) is 4.70. The summed E-state index contributed by atoms with van der Waals surface area (Å²) in [5.74, 6) is -1.68. The maximum absolute atomic E-state index is 11.9. The number of hydrogen-bond donors (Lipinski definition) is 0. The Hall–Kier alpha value is -1.41. The molecule has 0 aliphatic carbocycles. The first kappa shape index (κ1) is 16.6. The van der Waals surface area contributed by atoms with Crippen LogP contribution in [-0.2, 0) is 32.4 Å². The zero-order valence-corrected chi connectivity index (χ0v) is 13.0. The summed E-state index contributed by atoms with van der Waals surface area (Å²) < 4.78 is 20.4. The van der Waals surface area contributed by atoms with Crippen molar-refractivity contribution < 1.29 is 32.4 Å². The Morgan fingerprint density at radius 3 is 2.00 bits per heavy atom. The van der Waals surface area contributed by atoms with Gasteiger partial charge >= 0.3 is 8.80 Å². The largest absolute Gasteiger partial charge is 0.705 e. The lowest BCUT2D eigenvalue weighted by Crippen LogP contribution is -2.50. The fourth-order valence-corrected chi connectivity index (χ4v) is 4.16. The van der Waals surface area contributed by atoms with E-state index in [2.05, 4.69) is 0 Å². The fraction of sp³-hybridized carbons (Fsp3) is 0.750. The van der Waals surface area contributed by atoms with Gasteiger partial charge in [-0.1, -0.05) is 6.92 Å². The molecule has 0 unspecified atom stereocenters. The Balaban J connectivity index is 2.73. The predicted octanol–water partition coefficient (Wildman–Crippen LogP) is 1.04. The molecule has 0 aromatic rings. The molecule has 7 nitrogen and oxygen atoms in total. The fourth-order valence-electron chi connectivity index (χ4n) is 1.81. The van der Waals surface area contributed by atoms with Gasteiger partial charge in [0.1, 0.15) is 0 Å². The van der Waals surface area contributed by atoms with Crippen molar-refractivity contribution in [2.24, 2.45) is 5.92 Å². The van der Waals surface area contributed by atoms with Crippen LogP contribution in [0.15, 0.2) is 0 Å². The molecule has 1 aliphatic heterocycles. The second kappa shape index (κ2) is 7.39. The quantitative estimate of drug-likeness (QED) is 0.649. The summed E-state index contributed by atoms with van der Waals surface area (Å²) in [5, 5.41) is 0. The van der Waals surface area contributed by atoms with Crippen LogP contribution in [0.2, 0.25) is 6.04 Å². The molecule has 0 N–H and O–H groups in total. The van der Waals surface area contributed by atoms with Crippen LogP contribution in [0.1, 0.15) is 33.6 Å². The van der Waals surface area contributed by atoms with Crippen LogP contribution in [-0.4, -0.2) is 39.9 Å². The molecule has 0 saturated carbocycles. The summed E-state index contributed by atoms with van der Waals surface area (Å²) in [5.41, 5.74) is 0. The van der Waals surface area contributed by atoms with Gasteiger partial charge < -0.3 is 18.0 Å². The van der Waals surface area contributed by atoms with E-state index in [1.807, 2.05) is 6.92 Å². The van der Waals surface area contributed by atoms with E-state index in [4.69, 9.17) is 18.0 Å². The standard InChI is InChI=1S/C12H20O7Si/c1-4-5-20(17-9(2)13,18-10(3)14)19-12(15)6-11-7-16-8-11/h11H,4-8H2,1-3H3. The Kier molecular flexibility index (Phi) is 6.15. The second-order valence-corrected chi connectivity index (χ2v) is 7.18. The molecule has 1 rings (SSSR count). The minimum absolute atomic E-state index is 0.116. The number of rotatable bonds is 7. The zero-order valence-electron chi connectivity index (χ0n) is 12.0. The average molecular weight is 304 g/mol. The summed E-state index contributed by atoms with van der Waals surface area (Å²) in [6.45, 7) is 5.22. The number of carbonyl (C=O) groups excluding carboxylic acids is 3. The van der Waals surface area contributed by atoms with E-state index >= 15 is 0 Å². The minimum Gasteiger partial charge on any atom is -0.455 e. The molecule has 0 atom stereocenters. The predicted molar refractivity (Wildman–Crippen MR) is 69.4 cm³/mol. The van der Waals surface area contributed by atoms with E-state index in [0.29, 0.717) is 19.6 Å². The Bertz CT molecular complexity index is 362. The van der Waals surface area contributed by atoms with E-state index in [1.165, 1.54) is 13.8 Å². The molecule has 8 heteroatoms. The van der Waals surface area contributed by atoms with Gasteiger partial charge in [0, 0.05) is 19.8 Å². The normalized spacial score (nSPS) is 15.2. The van der Waals surface area contributed by atoms with Crippen LogP contribution in [0, 0.1) is 5.92 Å². The molecule has 0 aromatic heterocycles. The van der Waals surface area contributed by atoms with Crippen LogP contribution in [0.3, 0.4) is 0 Å². The third-order valence-electron chi connectivity index (χ3n) is 2.59. The topological polar surface area (TPSA) is 88.1 Å². The van der Waals surface area contributed by atoms with Crippen LogP contribution in [0.4, 0.5) is 0 Å². The van der Waals surface area contributed by atoms with Gasteiger partial charge in [0.25, 0.3) is 17.9 Å². The van der Waals surface area contributed by atoms with Crippen molar-refractivity contribution in [3.63, 3.8) is 0 Å². The third-order valence-corrected chi connectivity index (χ3v) is 5.43. The highest BCUT2D eigenvalue weighted by atomic mass is 28.4. The maximum Gasteiger partial charge on any atom is 0.705 e. The van der Waals surface area contributed by atoms with E-state index in [-0.39, 0.29) is 18.4 Å². The summed E-state index contributed by atoms with van der Waals surface area (Å²) in [4.78, 5) is 34.3. The molecule has 0 amide bonds. The molecule has 1 heterocycles. The molecule has 1 fully saturated rings. The molecule has 1 saturated heterocycles. The zero-order chi connectivity index (χ0) is 15.2. The van der Waals surface area contributed by atoms with Crippen LogP contribution < -0.4 is 0 Å². The van der Waals surface area contributed by atoms with Gasteiger partial charge in [-0.15, -0.1) is 0 Å². The number of ether oxygens (including phenoxy) is 1. The highest BCUT2D eigenvalue weighted by molar-refractivity contribution is 6.65. The van der Waals surface area contributed by atoms with E-state index in [1.54, 1.807) is 0 Å². The lowest BCUT2D eigenvalue weighted by molar-refractivity contribution is -0.151.